The smallest absolute Gasteiger partial charge is 0.264 e. The van der Waals surface area contributed by atoms with Crippen LogP contribution in [0.1, 0.15) is 6.92 Å². The number of fused-ring (bicyclic) bond motifs is 1. The van der Waals surface area contributed by atoms with Gasteiger partial charge in [-0.3, -0.25) is 9.79 Å². The van der Waals surface area contributed by atoms with Crippen LogP contribution in [0.5, 0.6) is 0 Å². The van der Waals surface area contributed by atoms with Gasteiger partial charge in [0.1, 0.15) is 0 Å². The lowest BCUT2D eigenvalue weighted by Gasteiger charge is -2.12. The molecule has 0 atom stereocenters. The maximum atomic E-state index is 12.4. The third-order valence-electron chi connectivity index (χ3n) is 3.14. The number of carbonyl (C=O) groups excluding carboxylic acids is 1. The highest BCUT2D eigenvalue weighted by Gasteiger charge is 2.33. The van der Waals surface area contributed by atoms with Crippen molar-refractivity contribution in [1.29, 1.82) is 0 Å². The first-order valence-electron chi connectivity index (χ1n) is 6.04. The van der Waals surface area contributed by atoms with E-state index in [1.165, 1.54) is 11.8 Å². The predicted octanol–water partition coefficient (Wildman–Crippen LogP) is 4.22. The molecular weight excluding hydrogens is 441 g/mol. The van der Waals surface area contributed by atoms with Crippen LogP contribution >= 0.6 is 56.0 Å². The van der Waals surface area contributed by atoms with Crippen LogP contribution in [0.25, 0.3) is 0 Å². The Labute approximate surface area is 150 Å². The molecule has 1 aromatic carbocycles. The zero-order valence-electron chi connectivity index (χ0n) is 11.0. The molecule has 8 heteroatoms. The van der Waals surface area contributed by atoms with Gasteiger partial charge in [0, 0.05) is 21.2 Å². The molecule has 0 fully saturated rings. The second kappa shape index (κ2) is 6.73. The van der Waals surface area contributed by atoms with Gasteiger partial charge in [-0.25, -0.2) is 0 Å². The van der Waals surface area contributed by atoms with Gasteiger partial charge in [0.05, 0.1) is 17.1 Å². The molecule has 112 valence electrons. The molecule has 1 N–H and O–H groups in total. The Morgan fingerprint density at radius 1 is 1.38 bits per heavy atom. The number of anilines is 1. The normalized spacial score (nSPS) is 16.5. The maximum Gasteiger partial charge on any atom is 0.264 e. The van der Waals surface area contributed by atoms with Gasteiger partial charge in [0.15, 0.2) is 5.17 Å². The van der Waals surface area contributed by atoms with E-state index in [9.17, 15) is 4.79 Å². The van der Waals surface area contributed by atoms with Crippen molar-refractivity contribution in [2.24, 2.45) is 4.99 Å². The maximum absolute atomic E-state index is 12.4. The summed E-state index contributed by atoms with van der Waals surface area (Å²) in [6, 6.07) is 5.70. The Morgan fingerprint density at radius 3 is 2.67 bits per heavy atom. The molecule has 1 amide bonds. The summed E-state index contributed by atoms with van der Waals surface area (Å²) < 4.78 is 1.69. The van der Waals surface area contributed by atoms with Crippen LogP contribution in [0.2, 0.25) is 0 Å². The fourth-order valence-corrected chi connectivity index (χ4v) is 4.39. The quantitative estimate of drug-likeness (QED) is 0.729. The van der Waals surface area contributed by atoms with E-state index in [0.29, 0.717) is 4.91 Å². The first-order chi connectivity index (χ1) is 9.58. The molecule has 2 heterocycles. The Bertz CT molecular complexity index is 643. The Hall–Kier alpha value is -0.500. The number of allylic oxidation sites excluding steroid dienone is 1. The molecule has 1 aromatic rings. The van der Waals surface area contributed by atoms with Crippen LogP contribution in [0.15, 0.2) is 42.7 Å². The molecule has 3 rings (SSSR count). The van der Waals surface area contributed by atoms with E-state index in [0.717, 1.165) is 38.6 Å². The third kappa shape index (κ3) is 3.16. The van der Waals surface area contributed by atoms with Gasteiger partial charge >= 0.3 is 0 Å². The molecule has 0 bridgehead atoms. The Balaban J connectivity index is 0.00000161. The predicted molar refractivity (Wildman–Crippen MR) is 97.0 cm³/mol. The number of benzene rings is 1. The van der Waals surface area contributed by atoms with Crippen LogP contribution in [0.4, 0.5) is 5.69 Å². The van der Waals surface area contributed by atoms with Gasteiger partial charge in [-0.1, -0.05) is 6.07 Å². The molecule has 0 radical (unpaired) electrons. The highest BCUT2D eigenvalue weighted by Crippen LogP contribution is 2.38. The van der Waals surface area contributed by atoms with E-state index >= 15 is 0 Å². The number of nitrogens with zero attached hydrogens (tertiary/aromatic N) is 2. The van der Waals surface area contributed by atoms with Crippen molar-refractivity contribution in [2.45, 2.75) is 6.92 Å². The number of amides is 1. The summed E-state index contributed by atoms with van der Waals surface area (Å²) in [5.41, 5.74) is 1.72. The molecule has 4 nitrogen and oxygen atoms in total. The second-order valence-corrected chi connectivity index (χ2v) is 7.07. The number of rotatable bonds is 2. The van der Waals surface area contributed by atoms with Crippen molar-refractivity contribution >= 4 is 72.8 Å². The molecule has 2 aliphatic heterocycles. The van der Waals surface area contributed by atoms with Gasteiger partial charge in [-0.2, -0.15) is 0 Å². The molecule has 0 saturated heterocycles. The number of carbonyl (C=O) groups is 1. The Kier molecular flexibility index (Phi) is 5.40. The van der Waals surface area contributed by atoms with E-state index in [1.807, 2.05) is 25.1 Å². The van der Waals surface area contributed by atoms with Crippen LogP contribution in [0, 0.1) is 0 Å². The van der Waals surface area contributed by atoms with Crippen molar-refractivity contribution in [3.63, 3.8) is 0 Å². The van der Waals surface area contributed by atoms with Crippen molar-refractivity contribution < 1.29 is 4.79 Å². The minimum atomic E-state index is -0.0998. The zero-order chi connectivity index (χ0) is 14.3. The van der Waals surface area contributed by atoms with E-state index in [4.69, 9.17) is 0 Å². The lowest BCUT2D eigenvalue weighted by Crippen LogP contribution is -2.20. The van der Waals surface area contributed by atoms with Gasteiger partial charge in [-0.05, 0) is 62.7 Å². The molecule has 0 unspecified atom stereocenters. The molecule has 0 saturated carbocycles. The van der Waals surface area contributed by atoms with Crippen LogP contribution < -0.4 is 5.32 Å². The third-order valence-corrected chi connectivity index (χ3v) is 5.67. The number of hydrogen-bond acceptors (Lipinski definition) is 4. The molecule has 2 aliphatic rings. The monoisotopic (exact) mass is 451 g/mol. The number of nitrogens with one attached hydrogen (secondary N) is 1. The minimum absolute atomic E-state index is 0. The summed E-state index contributed by atoms with van der Waals surface area (Å²) in [6.45, 7) is 3.64. The fourth-order valence-electron chi connectivity index (χ4n) is 2.11. The number of hydrogen-bond donors (Lipinski definition) is 1. The van der Waals surface area contributed by atoms with E-state index < -0.39 is 0 Å². The first kappa shape index (κ1) is 16.9. The van der Waals surface area contributed by atoms with Crippen molar-refractivity contribution in [3.05, 3.63) is 37.7 Å². The number of halogens is 3. The summed E-state index contributed by atoms with van der Waals surface area (Å²) in [5, 5.41) is 3.88. The number of thioether (sulfide) groups is 1. The summed E-state index contributed by atoms with van der Waals surface area (Å²) >= 11 is 8.33. The van der Waals surface area contributed by atoms with Crippen LogP contribution in [-0.4, -0.2) is 29.1 Å². The number of para-hydroxylation sites is 1. The molecule has 0 spiro atoms. The van der Waals surface area contributed by atoms with E-state index in [1.54, 1.807) is 0 Å². The summed E-state index contributed by atoms with van der Waals surface area (Å²) in [5.74, 6) is -0.0998. The largest absolute Gasteiger partial charge is 0.322 e. The topological polar surface area (TPSA) is 44.7 Å². The molecular formula is C13H12Br2ClN3OS. The molecule has 0 aliphatic carbocycles. The number of aliphatic imine (C=N–C) groups is 1. The average molecular weight is 454 g/mol. The molecule has 0 aromatic heterocycles. The highest BCUT2D eigenvalue weighted by molar-refractivity contribution is 9.11. The van der Waals surface area contributed by atoms with Crippen LogP contribution in [-0.2, 0) is 4.79 Å². The highest BCUT2D eigenvalue weighted by atomic mass is 79.9. The molecule has 21 heavy (non-hydrogen) atoms. The van der Waals surface area contributed by atoms with Gasteiger partial charge < -0.3 is 10.2 Å². The van der Waals surface area contributed by atoms with E-state index in [-0.39, 0.29) is 18.3 Å². The van der Waals surface area contributed by atoms with Crippen molar-refractivity contribution in [1.82, 2.24) is 4.90 Å². The summed E-state index contributed by atoms with van der Waals surface area (Å²) in [7, 11) is 0. The fraction of sp³-hybridized carbons (Fsp3) is 0.231. The average Bonchev–Trinajstić information content (AvgIpc) is 2.97. The van der Waals surface area contributed by atoms with Gasteiger partial charge in [-0.15, -0.1) is 12.4 Å². The van der Waals surface area contributed by atoms with Gasteiger partial charge in [0.25, 0.3) is 5.91 Å². The number of amidine groups is 1. The summed E-state index contributed by atoms with van der Waals surface area (Å²) in [4.78, 5) is 19.6. The lowest BCUT2D eigenvalue weighted by molar-refractivity contribution is -0.112. The van der Waals surface area contributed by atoms with Gasteiger partial charge in [0.2, 0.25) is 0 Å². The van der Waals surface area contributed by atoms with Crippen molar-refractivity contribution in [3.8, 4) is 0 Å². The SMILES string of the molecule is CC1=C(C(=O)Nc2c(Br)cccc2Br)SC2=NCCN21.Cl. The zero-order valence-corrected chi connectivity index (χ0v) is 15.8. The standard InChI is InChI=1S/C13H11Br2N3OS.ClH/c1-7-11(20-13-16-5-6-18(7)13)12(19)17-10-8(14)3-2-4-9(10)15;/h2-4H,5-6H2,1H3,(H,17,19);1H. The lowest BCUT2D eigenvalue weighted by atomic mass is 10.3. The van der Waals surface area contributed by atoms with Crippen LogP contribution in [0.3, 0.4) is 0 Å². The second-order valence-electron chi connectivity index (χ2n) is 4.38. The van der Waals surface area contributed by atoms with Crippen molar-refractivity contribution in [2.75, 3.05) is 18.4 Å². The first-order valence-corrected chi connectivity index (χ1v) is 8.44. The summed E-state index contributed by atoms with van der Waals surface area (Å²) in [6.07, 6.45) is 0. The minimum Gasteiger partial charge on any atom is -0.322 e. The Morgan fingerprint density at radius 2 is 2.05 bits per heavy atom. The van der Waals surface area contributed by atoms with E-state index in [2.05, 4.69) is 47.1 Å².